The first kappa shape index (κ1) is 19.1. The predicted molar refractivity (Wildman–Crippen MR) is 79.4 cm³/mol. The van der Waals surface area contributed by atoms with Gasteiger partial charge in [0.1, 0.15) is 5.75 Å². The van der Waals surface area contributed by atoms with Crippen molar-refractivity contribution in [2.24, 2.45) is 0 Å². The van der Waals surface area contributed by atoms with Crippen LogP contribution in [-0.4, -0.2) is 37.1 Å². The lowest BCUT2D eigenvalue weighted by atomic mass is 10.0. The molecule has 8 heteroatoms. The molecule has 0 bridgehead atoms. The molecule has 0 aromatic heterocycles. The number of hydrogen-bond donors (Lipinski definition) is 3. The van der Waals surface area contributed by atoms with E-state index in [4.69, 9.17) is 9.84 Å². The second-order valence-electron chi connectivity index (χ2n) is 5.21. The van der Waals surface area contributed by atoms with Crippen molar-refractivity contribution < 1.29 is 27.8 Å². The number of hydrogen-bond acceptors (Lipinski definition) is 3. The molecule has 0 aliphatic rings. The van der Waals surface area contributed by atoms with Gasteiger partial charge in [-0.05, 0) is 26.3 Å². The van der Waals surface area contributed by atoms with Crippen LogP contribution in [0.5, 0.6) is 5.75 Å². The number of rotatable bonds is 6. The quantitative estimate of drug-likeness (QED) is 0.749. The minimum atomic E-state index is -4.68. The number of aliphatic hydroxyl groups excluding tert-OH is 1. The summed E-state index contributed by atoms with van der Waals surface area (Å²) in [6, 6.07) is 4.50. The Hall–Kier alpha value is -1.96. The molecule has 2 amide bonds. The molecule has 0 fully saturated rings. The van der Waals surface area contributed by atoms with Crippen molar-refractivity contribution in [2.45, 2.75) is 38.6 Å². The molecule has 0 radical (unpaired) electrons. The molecule has 1 aromatic carbocycles. The second-order valence-corrected chi connectivity index (χ2v) is 5.21. The average Bonchev–Trinajstić information content (AvgIpc) is 2.45. The highest BCUT2D eigenvalue weighted by molar-refractivity contribution is 5.74. The van der Waals surface area contributed by atoms with Gasteiger partial charge >= 0.3 is 12.2 Å². The number of aryl methyl sites for hydroxylation is 1. The summed E-state index contributed by atoms with van der Waals surface area (Å²) >= 11 is 0. The SMILES string of the molecule is COc1ccc(C)cc1[C@@H](C)NC(=O)NCC[C@H](O)C(F)(F)F. The van der Waals surface area contributed by atoms with E-state index in [0.29, 0.717) is 5.75 Å². The van der Waals surface area contributed by atoms with Crippen LogP contribution in [0.25, 0.3) is 0 Å². The van der Waals surface area contributed by atoms with Gasteiger partial charge in [-0.15, -0.1) is 0 Å². The molecule has 0 unspecified atom stereocenters. The van der Waals surface area contributed by atoms with E-state index in [1.807, 2.05) is 19.1 Å². The second kappa shape index (κ2) is 8.05. The van der Waals surface area contributed by atoms with E-state index in [1.165, 1.54) is 7.11 Å². The van der Waals surface area contributed by atoms with Crippen molar-refractivity contribution in [3.05, 3.63) is 29.3 Å². The molecular formula is C15H21F3N2O3. The Morgan fingerprint density at radius 3 is 2.61 bits per heavy atom. The maximum atomic E-state index is 12.1. The summed E-state index contributed by atoms with van der Waals surface area (Å²) in [7, 11) is 1.51. The molecule has 0 aliphatic carbocycles. The van der Waals surface area contributed by atoms with Crippen LogP contribution in [0.3, 0.4) is 0 Å². The number of aliphatic hydroxyl groups is 1. The van der Waals surface area contributed by atoms with Gasteiger partial charge in [0.05, 0.1) is 13.2 Å². The van der Waals surface area contributed by atoms with Crippen LogP contribution in [0, 0.1) is 6.92 Å². The Morgan fingerprint density at radius 2 is 2.04 bits per heavy atom. The smallest absolute Gasteiger partial charge is 0.414 e. The number of amides is 2. The minimum Gasteiger partial charge on any atom is -0.496 e. The standard InChI is InChI=1S/C15H21F3N2O3/c1-9-4-5-12(23-3)11(8-9)10(2)20-14(22)19-7-6-13(21)15(16,17)18/h4-5,8,10,13,21H,6-7H2,1-3H3,(H2,19,20,22)/t10-,13+/m1/s1. The summed E-state index contributed by atoms with van der Waals surface area (Å²) in [6.45, 7) is 3.35. The molecule has 0 saturated heterocycles. The van der Waals surface area contributed by atoms with E-state index >= 15 is 0 Å². The van der Waals surface area contributed by atoms with E-state index in [-0.39, 0.29) is 6.54 Å². The molecule has 5 nitrogen and oxygen atoms in total. The Balaban J connectivity index is 2.53. The molecule has 3 N–H and O–H groups in total. The van der Waals surface area contributed by atoms with Crippen molar-refractivity contribution in [1.29, 1.82) is 0 Å². The van der Waals surface area contributed by atoms with Gasteiger partial charge in [0.15, 0.2) is 6.10 Å². The van der Waals surface area contributed by atoms with Crippen LogP contribution in [-0.2, 0) is 0 Å². The largest absolute Gasteiger partial charge is 0.496 e. The van der Waals surface area contributed by atoms with Crippen LogP contribution in [0.2, 0.25) is 0 Å². The van der Waals surface area contributed by atoms with E-state index < -0.39 is 30.8 Å². The fraction of sp³-hybridized carbons (Fsp3) is 0.533. The lowest BCUT2D eigenvalue weighted by Gasteiger charge is -2.19. The first-order chi connectivity index (χ1) is 10.6. The van der Waals surface area contributed by atoms with Crippen molar-refractivity contribution in [2.75, 3.05) is 13.7 Å². The van der Waals surface area contributed by atoms with E-state index in [0.717, 1.165) is 11.1 Å². The van der Waals surface area contributed by atoms with Gasteiger partial charge in [-0.1, -0.05) is 17.7 Å². The maximum Gasteiger partial charge on any atom is 0.414 e. The molecule has 0 aliphatic heterocycles. The zero-order valence-corrected chi connectivity index (χ0v) is 13.2. The van der Waals surface area contributed by atoms with Gasteiger partial charge in [0.2, 0.25) is 0 Å². The fourth-order valence-electron chi connectivity index (χ4n) is 2.00. The number of urea groups is 1. The van der Waals surface area contributed by atoms with Crippen molar-refractivity contribution in [3.63, 3.8) is 0 Å². The van der Waals surface area contributed by atoms with Gasteiger partial charge in [-0.25, -0.2) is 4.79 Å². The van der Waals surface area contributed by atoms with Crippen LogP contribution >= 0.6 is 0 Å². The van der Waals surface area contributed by atoms with Gasteiger partial charge in [0.25, 0.3) is 0 Å². The Labute approximate surface area is 132 Å². The third-order valence-corrected chi connectivity index (χ3v) is 3.28. The van der Waals surface area contributed by atoms with Crippen molar-refractivity contribution >= 4 is 6.03 Å². The molecule has 1 rings (SSSR count). The highest BCUT2D eigenvalue weighted by atomic mass is 19.4. The zero-order valence-electron chi connectivity index (χ0n) is 13.2. The van der Waals surface area contributed by atoms with Crippen molar-refractivity contribution in [3.8, 4) is 5.75 Å². The highest BCUT2D eigenvalue weighted by Crippen LogP contribution is 2.26. The first-order valence-corrected chi connectivity index (χ1v) is 7.08. The van der Waals surface area contributed by atoms with Crippen LogP contribution in [0.1, 0.15) is 30.5 Å². The lowest BCUT2D eigenvalue weighted by Crippen LogP contribution is -2.40. The molecular weight excluding hydrogens is 313 g/mol. The Morgan fingerprint density at radius 1 is 1.39 bits per heavy atom. The normalized spacial score (nSPS) is 14.0. The molecule has 1 aromatic rings. The third kappa shape index (κ3) is 5.97. The molecule has 0 spiro atoms. The summed E-state index contributed by atoms with van der Waals surface area (Å²) in [5.74, 6) is 0.607. The van der Waals surface area contributed by atoms with Gasteiger partial charge in [-0.2, -0.15) is 13.2 Å². The van der Waals surface area contributed by atoms with E-state index in [2.05, 4.69) is 10.6 Å². The molecule has 0 saturated carbocycles. The lowest BCUT2D eigenvalue weighted by molar-refractivity contribution is -0.204. The highest BCUT2D eigenvalue weighted by Gasteiger charge is 2.37. The number of carbonyl (C=O) groups is 1. The van der Waals surface area contributed by atoms with Crippen LogP contribution < -0.4 is 15.4 Å². The van der Waals surface area contributed by atoms with E-state index in [9.17, 15) is 18.0 Å². The van der Waals surface area contributed by atoms with Crippen molar-refractivity contribution in [1.82, 2.24) is 10.6 Å². The number of benzene rings is 1. The monoisotopic (exact) mass is 334 g/mol. The molecule has 23 heavy (non-hydrogen) atoms. The zero-order chi connectivity index (χ0) is 17.6. The summed E-state index contributed by atoms with van der Waals surface area (Å²) < 4.78 is 41.6. The number of nitrogens with one attached hydrogen (secondary N) is 2. The number of alkyl halides is 3. The number of ether oxygens (including phenoxy) is 1. The van der Waals surface area contributed by atoms with Gasteiger partial charge < -0.3 is 20.5 Å². The van der Waals surface area contributed by atoms with Gasteiger partial charge in [-0.3, -0.25) is 0 Å². The minimum absolute atomic E-state index is 0.288. The average molecular weight is 334 g/mol. The van der Waals surface area contributed by atoms with Gasteiger partial charge in [0, 0.05) is 12.1 Å². The number of halogens is 3. The Kier molecular flexibility index (Phi) is 6.68. The summed E-state index contributed by atoms with van der Waals surface area (Å²) in [4.78, 5) is 11.7. The Bertz CT molecular complexity index is 535. The predicted octanol–water partition coefficient (Wildman–Crippen LogP) is 2.68. The number of carbonyl (C=O) groups excluding carboxylic acids is 1. The number of methoxy groups -OCH3 is 1. The van der Waals surface area contributed by atoms with E-state index in [1.54, 1.807) is 13.0 Å². The first-order valence-electron chi connectivity index (χ1n) is 7.08. The molecule has 130 valence electrons. The summed E-state index contributed by atoms with van der Waals surface area (Å²) in [5.41, 5.74) is 1.75. The topological polar surface area (TPSA) is 70.6 Å². The van der Waals surface area contributed by atoms with Crippen LogP contribution in [0.4, 0.5) is 18.0 Å². The maximum absolute atomic E-state index is 12.1. The third-order valence-electron chi connectivity index (χ3n) is 3.28. The summed E-state index contributed by atoms with van der Waals surface area (Å²) in [6.07, 6.45) is -7.73. The van der Waals surface area contributed by atoms with Crippen LogP contribution in [0.15, 0.2) is 18.2 Å². The fourth-order valence-corrected chi connectivity index (χ4v) is 2.00. The molecule has 0 heterocycles. The molecule has 2 atom stereocenters. The summed E-state index contributed by atoms with van der Waals surface area (Å²) in [5, 5.41) is 13.7.